The predicted molar refractivity (Wildman–Crippen MR) is 125 cm³/mol. The maximum atomic E-state index is 13.7. The SMILES string of the molecule is COc1ccc(-n2n[n+](-c3ccc(OC)c(OC)c3)c3c2C(=O)c2ccccc2C3=O)cc1OC. The molecule has 0 saturated carbocycles. The number of carbonyl (C=O) groups excluding carboxylic acids is 2. The average molecular weight is 472 g/mol. The van der Waals surface area contributed by atoms with Crippen molar-refractivity contribution < 1.29 is 33.2 Å². The summed E-state index contributed by atoms with van der Waals surface area (Å²) < 4.78 is 24.5. The Morgan fingerprint density at radius 2 is 1.26 bits per heavy atom. The summed E-state index contributed by atoms with van der Waals surface area (Å²) in [6.07, 6.45) is 0. The Morgan fingerprint density at radius 3 is 1.89 bits per heavy atom. The summed E-state index contributed by atoms with van der Waals surface area (Å²) in [5.74, 6) is 1.35. The van der Waals surface area contributed by atoms with E-state index in [1.807, 2.05) is 0 Å². The molecule has 0 unspecified atom stereocenters. The molecule has 0 N–H and O–H groups in total. The van der Waals surface area contributed by atoms with Crippen LogP contribution in [-0.2, 0) is 0 Å². The molecule has 3 aromatic carbocycles. The molecule has 1 heterocycles. The van der Waals surface area contributed by atoms with Crippen LogP contribution in [-0.4, -0.2) is 49.9 Å². The Labute approximate surface area is 201 Å². The van der Waals surface area contributed by atoms with Gasteiger partial charge in [-0.25, -0.2) is 0 Å². The number of hydrogen-bond donors (Lipinski definition) is 0. The van der Waals surface area contributed by atoms with Crippen LogP contribution in [0.4, 0.5) is 0 Å². The van der Waals surface area contributed by atoms with Crippen LogP contribution in [0.3, 0.4) is 0 Å². The molecule has 0 atom stereocenters. The quantitative estimate of drug-likeness (QED) is 0.351. The number of aromatic nitrogens is 3. The highest BCUT2D eigenvalue weighted by molar-refractivity contribution is 6.26. The second-order valence-electron chi connectivity index (χ2n) is 7.69. The molecule has 0 bridgehead atoms. The topological polar surface area (TPSA) is 92.8 Å². The van der Waals surface area contributed by atoms with Crippen LogP contribution in [0.5, 0.6) is 23.0 Å². The van der Waals surface area contributed by atoms with Crippen molar-refractivity contribution in [1.29, 1.82) is 0 Å². The van der Waals surface area contributed by atoms with Gasteiger partial charge in [0.05, 0.1) is 28.4 Å². The first-order valence-corrected chi connectivity index (χ1v) is 10.7. The fourth-order valence-corrected chi connectivity index (χ4v) is 4.20. The Kier molecular flexibility index (Phi) is 5.44. The summed E-state index contributed by atoms with van der Waals surface area (Å²) in [5, 5.41) is 4.68. The third-order valence-corrected chi connectivity index (χ3v) is 5.90. The summed E-state index contributed by atoms with van der Waals surface area (Å²) >= 11 is 0. The van der Waals surface area contributed by atoms with Gasteiger partial charge in [-0.15, -0.1) is 0 Å². The van der Waals surface area contributed by atoms with Gasteiger partial charge in [-0.2, -0.15) is 0 Å². The lowest BCUT2D eigenvalue weighted by Crippen LogP contribution is -2.41. The van der Waals surface area contributed by atoms with Gasteiger partial charge >= 0.3 is 0 Å². The van der Waals surface area contributed by atoms with Gasteiger partial charge in [-0.05, 0) is 24.3 Å². The van der Waals surface area contributed by atoms with E-state index < -0.39 is 0 Å². The number of rotatable bonds is 6. The van der Waals surface area contributed by atoms with Gasteiger partial charge in [-0.1, -0.05) is 33.6 Å². The summed E-state index contributed by atoms with van der Waals surface area (Å²) in [7, 11) is 6.12. The molecule has 0 saturated heterocycles. The van der Waals surface area contributed by atoms with Gasteiger partial charge < -0.3 is 18.9 Å². The van der Waals surface area contributed by atoms with Crippen LogP contribution < -0.4 is 23.6 Å². The molecule has 0 fully saturated rings. The lowest BCUT2D eigenvalue weighted by molar-refractivity contribution is -0.662. The molecule has 176 valence electrons. The monoisotopic (exact) mass is 472 g/mol. The molecule has 0 radical (unpaired) electrons. The van der Waals surface area contributed by atoms with E-state index in [-0.39, 0.29) is 23.0 Å². The zero-order chi connectivity index (χ0) is 24.7. The van der Waals surface area contributed by atoms with Gasteiger partial charge in [0, 0.05) is 23.3 Å². The van der Waals surface area contributed by atoms with E-state index in [1.165, 1.54) is 37.8 Å². The molecule has 5 rings (SSSR count). The largest absolute Gasteiger partial charge is 0.493 e. The van der Waals surface area contributed by atoms with E-state index in [2.05, 4.69) is 5.21 Å². The summed E-state index contributed by atoms with van der Waals surface area (Å²) in [6, 6.07) is 17.1. The third-order valence-electron chi connectivity index (χ3n) is 5.90. The van der Waals surface area contributed by atoms with Crippen LogP contribution in [0.2, 0.25) is 0 Å². The van der Waals surface area contributed by atoms with Crippen LogP contribution in [0.15, 0.2) is 60.7 Å². The fraction of sp³-hybridized carbons (Fsp3) is 0.154. The molecule has 35 heavy (non-hydrogen) atoms. The van der Waals surface area contributed by atoms with Crippen LogP contribution in [0, 0.1) is 0 Å². The first-order valence-electron chi connectivity index (χ1n) is 10.7. The molecular weight excluding hydrogens is 450 g/mol. The minimum absolute atomic E-state index is 0.149. The minimum Gasteiger partial charge on any atom is -0.493 e. The van der Waals surface area contributed by atoms with Crippen molar-refractivity contribution in [1.82, 2.24) is 9.90 Å². The number of carbonyl (C=O) groups is 2. The zero-order valence-electron chi connectivity index (χ0n) is 19.6. The first-order chi connectivity index (χ1) is 17.0. The molecular formula is C26H22N3O6+. The van der Waals surface area contributed by atoms with Crippen molar-refractivity contribution in [3.63, 3.8) is 0 Å². The standard InChI is InChI=1S/C26H22N3O6/c1-32-19-11-9-15(13-21(19)34-3)28-23-24(26(31)18-8-6-5-7-17(18)25(23)30)29(27-28)16-10-12-20(33-2)22(14-16)35-4/h5-14H,1-4H3/q+1. The minimum atomic E-state index is -0.309. The molecule has 9 nitrogen and oxygen atoms in total. The Balaban J connectivity index is 1.80. The average Bonchev–Trinajstić information content (AvgIpc) is 3.32. The van der Waals surface area contributed by atoms with Crippen molar-refractivity contribution in [3.05, 3.63) is 83.2 Å². The van der Waals surface area contributed by atoms with Crippen molar-refractivity contribution in [2.45, 2.75) is 0 Å². The normalized spacial score (nSPS) is 12.1. The molecule has 4 aromatic rings. The van der Waals surface area contributed by atoms with E-state index in [0.29, 0.717) is 45.5 Å². The van der Waals surface area contributed by atoms with Crippen molar-refractivity contribution in [2.24, 2.45) is 0 Å². The summed E-state index contributed by atoms with van der Waals surface area (Å²) in [5.41, 5.74) is 2.00. The van der Waals surface area contributed by atoms with Crippen LogP contribution in [0.25, 0.3) is 11.4 Å². The van der Waals surface area contributed by atoms with Gasteiger partial charge in [0.15, 0.2) is 34.4 Å². The number of ether oxygens (including phenoxy) is 4. The summed E-state index contributed by atoms with van der Waals surface area (Å²) in [6.45, 7) is 0. The highest BCUT2D eigenvalue weighted by atomic mass is 16.5. The lowest BCUT2D eigenvalue weighted by Gasteiger charge is -2.12. The van der Waals surface area contributed by atoms with Crippen LogP contribution in [0.1, 0.15) is 32.1 Å². The number of methoxy groups -OCH3 is 4. The predicted octanol–water partition coefficient (Wildman–Crippen LogP) is 2.96. The second-order valence-corrected chi connectivity index (χ2v) is 7.69. The number of nitrogens with zero attached hydrogens (tertiary/aromatic N) is 3. The van der Waals surface area contributed by atoms with Crippen LogP contribution >= 0.6 is 0 Å². The van der Waals surface area contributed by atoms with Gasteiger partial charge in [0.2, 0.25) is 11.6 Å². The molecule has 0 aliphatic heterocycles. The van der Waals surface area contributed by atoms with E-state index in [0.717, 1.165) is 0 Å². The highest BCUT2D eigenvalue weighted by Crippen LogP contribution is 2.33. The lowest BCUT2D eigenvalue weighted by atomic mass is 9.89. The maximum absolute atomic E-state index is 13.7. The molecule has 1 aliphatic carbocycles. The smallest absolute Gasteiger partial charge is 0.257 e. The van der Waals surface area contributed by atoms with Crippen molar-refractivity contribution in [2.75, 3.05) is 28.4 Å². The van der Waals surface area contributed by atoms with Gasteiger partial charge in [0.1, 0.15) is 5.21 Å². The first kappa shape index (κ1) is 22.1. The molecule has 1 aromatic heterocycles. The van der Waals surface area contributed by atoms with E-state index in [9.17, 15) is 9.59 Å². The third kappa shape index (κ3) is 3.40. The van der Waals surface area contributed by atoms with E-state index in [4.69, 9.17) is 18.9 Å². The van der Waals surface area contributed by atoms with Gasteiger partial charge in [-0.3, -0.25) is 9.59 Å². The zero-order valence-corrected chi connectivity index (χ0v) is 19.6. The Morgan fingerprint density at radius 1 is 0.686 bits per heavy atom. The Hall–Kier alpha value is -4.66. The molecule has 0 amide bonds. The molecule has 9 heteroatoms. The number of hydrogen-bond acceptors (Lipinski definition) is 7. The fourth-order valence-electron chi connectivity index (χ4n) is 4.20. The second kappa shape index (κ2) is 8.60. The van der Waals surface area contributed by atoms with Crippen molar-refractivity contribution in [3.8, 4) is 34.4 Å². The number of fused-ring (bicyclic) bond motifs is 2. The molecule has 1 aliphatic rings. The van der Waals surface area contributed by atoms with Gasteiger partial charge in [0.25, 0.3) is 11.4 Å². The highest BCUT2D eigenvalue weighted by Gasteiger charge is 2.44. The number of benzene rings is 3. The maximum Gasteiger partial charge on any atom is 0.257 e. The number of ketones is 2. The Bertz CT molecular complexity index is 1380. The summed E-state index contributed by atoms with van der Waals surface area (Å²) in [4.78, 5) is 27.3. The van der Waals surface area contributed by atoms with E-state index in [1.54, 1.807) is 60.7 Å². The molecule has 0 spiro atoms. The van der Waals surface area contributed by atoms with Crippen molar-refractivity contribution >= 4 is 11.6 Å². The van der Waals surface area contributed by atoms with E-state index >= 15 is 0 Å².